The highest BCUT2D eigenvalue weighted by Crippen LogP contribution is 2.27. The largest absolute Gasteiger partial charge is 0.496 e. The first kappa shape index (κ1) is 14.5. The molecule has 1 N–H and O–H groups in total. The molecule has 0 aliphatic heterocycles. The molecule has 0 saturated carbocycles. The van der Waals surface area contributed by atoms with E-state index in [0.717, 1.165) is 24.4 Å². The number of nitrogens with zero attached hydrogens (tertiary/aromatic N) is 1. The van der Waals surface area contributed by atoms with E-state index in [1.165, 1.54) is 11.1 Å². The van der Waals surface area contributed by atoms with Crippen molar-refractivity contribution < 1.29 is 4.74 Å². The van der Waals surface area contributed by atoms with Crippen LogP contribution in [0.2, 0.25) is 0 Å². The summed E-state index contributed by atoms with van der Waals surface area (Å²) >= 11 is 0. The van der Waals surface area contributed by atoms with Crippen LogP contribution < -0.4 is 10.1 Å². The Labute approximate surface area is 121 Å². The molecule has 1 aromatic carbocycles. The Morgan fingerprint density at radius 2 is 2.00 bits per heavy atom. The quantitative estimate of drug-likeness (QED) is 0.874. The predicted molar refractivity (Wildman–Crippen MR) is 82.1 cm³/mol. The van der Waals surface area contributed by atoms with Crippen LogP contribution in [0.1, 0.15) is 29.8 Å². The third kappa shape index (κ3) is 3.36. The second kappa shape index (κ2) is 7.06. The molecule has 106 valence electrons. The van der Waals surface area contributed by atoms with Gasteiger partial charge in [0, 0.05) is 29.9 Å². The lowest BCUT2D eigenvalue weighted by atomic mass is 9.98. The van der Waals surface area contributed by atoms with E-state index in [0.29, 0.717) is 0 Å². The Balaban J connectivity index is 2.29. The number of rotatable bonds is 6. The van der Waals surface area contributed by atoms with Crippen LogP contribution in [0.3, 0.4) is 0 Å². The lowest BCUT2D eigenvalue weighted by Crippen LogP contribution is -2.24. The molecule has 3 nitrogen and oxygen atoms in total. The van der Waals surface area contributed by atoms with Crippen molar-refractivity contribution in [1.82, 2.24) is 10.3 Å². The molecule has 0 aliphatic carbocycles. The number of nitrogens with one attached hydrogen (secondary N) is 1. The van der Waals surface area contributed by atoms with E-state index in [9.17, 15) is 0 Å². The maximum Gasteiger partial charge on any atom is 0.123 e. The summed E-state index contributed by atoms with van der Waals surface area (Å²) in [6, 6.07) is 12.5. The maximum atomic E-state index is 5.48. The fraction of sp³-hybridized carbons (Fsp3) is 0.353. The molecule has 0 aliphatic rings. The molecule has 2 aromatic rings. The number of benzene rings is 1. The molecular formula is C17H22N2O. The smallest absolute Gasteiger partial charge is 0.123 e. The first-order valence-electron chi connectivity index (χ1n) is 7.03. The standard InChI is InChI=1S/C17H22N2O/c1-4-18-16(12-15-13(2)8-7-11-19-15)14-9-5-6-10-17(14)20-3/h5-11,16,18H,4,12H2,1-3H3. The van der Waals surface area contributed by atoms with Gasteiger partial charge in [-0.15, -0.1) is 0 Å². The summed E-state index contributed by atoms with van der Waals surface area (Å²) < 4.78 is 5.48. The second-order valence-electron chi connectivity index (χ2n) is 4.82. The summed E-state index contributed by atoms with van der Waals surface area (Å²) in [5.74, 6) is 0.923. The molecule has 1 unspecified atom stereocenters. The van der Waals surface area contributed by atoms with Crippen LogP contribution in [-0.2, 0) is 6.42 Å². The number of likely N-dealkylation sites (N-methyl/N-ethyl adjacent to an activating group) is 1. The molecule has 3 heteroatoms. The molecule has 1 heterocycles. The van der Waals surface area contributed by atoms with Crippen LogP contribution >= 0.6 is 0 Å². The number of pyridine rings is 1. The average Bonchev–Trinajstić information content (AvgIpc) is 2.49. The fourth-order valence-corrected chi connectivity index (χ4v) is 2.42. The molecule has 1 atom stereocenters. The number of aryl methyl sites for hydroxylation is 1. The minimum absolute atomic E-state index is 0.213. The number of hydrogen-bond acceptors (Lipinski definition) is 3. The highest BCUT2D eigenvalue weighted by atomic mass is 16.5. The number of hydrogen-bond donors (Lipinski definition) is 1. The number of para-hydroxylation sites is 1. The lowest BCUT2D eigenvalue weighted by molar-refractivity contribution is 0.398. The van der Waals surface area contributed by atoms with Gasteiger partial charge in [-0.1, -0.05) is 31.2 Å². The summed E-state index contributed by atoms with van der Waals surface area (Å²) in [6.07, 6.45) is 2.72. The van der Waals surface area contributed by atoms with Crippen molar-refractivity contribution in [3.63, 3.8) is 0 Å². The van der Waals surface area contributed by atoms with Gasteiger partial charge in [-0.25, -0.2) is 0 Å². The van der Waals surface area contributed by atoms with E-state index in [1.807, 2.05) is 30.5 Å². The third-order valence-electron chi connectivity index (χ3n) is 3.48. The van der Waals surface area contributed by atoms with E-state index >= 15 is 0 Å². The van der Waals surface area contributed by atoms with E-state index < -0.39 is 0 Å². The van der Waals surface area contributed by atoms with Crippen molar-refractivity contribution >= 4 is 0 Å². The zero-order chi connectivity index (χ0) is 14.4. The Morgan fingerprint density at radius 1 is 1.20 bits per heavy atom. The Kier molecular flexibility index (Phi) is 5.13. The summed E-state index contributed by atoms with van der Waals surface area (Å²) in [5.41, 5.74) is 3.54. The van der Waals surface area contributed by atoms with Gasteiger partial charge in [0.15, 0.2) is 0 Å². The molecule has 0 spiro atoms. The average molecular weight is 270 g/mol. The molecule has 0 fully saturated rings. The molecule has 1 aromatic heterocycles. The third-order valence-corrected chi connectivity index (χ3v) is 3.48. The van der Waals surface area contributed by atoms with Gasteiger partial charge in [-0.2, -0.15) is 0 Å². The van der Waals surface area contributed by atoms with Gasteiger partial charge >= 0.3 is 0 Å². The van der Waals surface area contributed by atoms with Gasteiger partial charge in [0.25, 0.3) is 0 Å². The van der Waals surface area contributed by atoms with E-state index in [-0.39, 0.29) is 6.04 Å². The highest BCUT2D eigenvalue weighted by molar-refractivity contribution is 5.37. The topological polar surface area (TPSA) is 34.2 Å². The van der Waals surface area contributed by atoms with Crippen molar-refractivity contribution in [3.8, 4) is 5.75 Å². The summed E-state index contributed by atoms with van der Waals surface area (Å²) in [6.45, 7) is 5.13. The molecule has 2 rings (SSSR count). The maximum absolute atomic E-state index is 5.48. The molecule has 20 heavy (non-hydrogen) atoms. The molecule has 0 amide bonds. The van der Waals surface area contributed by atoms with Gasteiger partial charge in [-0.05, 0) is 31.2 Å². The number of aromatic nitrogens is 1. The zero-order valence-corrected chi connectivity index (χ0v) is 12.4. The lowest BCUT2D eigenvalue weighted by Gasteiger charge is -2.21. The Bertz CT molecular complexity index is 554. The van der Waals surface area contributed by atoms with Crippen LogP contribution in [0.5, 0.6) is 5.75 Å². The summed E-state index contributed by atoms with van der Waals surface area (Å²) in [5, 5.41) is 3.53. The second-order valence-corrected chi connectivity index (χ2v) is 4.82. The zero-order valence-electron chi connectivity index (χ0n) is 12.4. The van der Waals surface area contributed by atoms with Crippen LogP contribution in [-0.4, -0.2) is 18.6 Å². The van der Waals surface area contributed by atoms with E-state index in [4.69, 9.17) is 4.74 Å². The van der Waals surface area contributed by atoms with Gasteiger partial charge in [-0.3, -0.25) is 4.98 Å². The van der Waals surface area contributed by atoms with E-state index in [1.54, 1.807) is 7.11 Å². The number of methoxy groups -OCH3 is 1. The minimum Gasteiger partial charge on any atom is -0.496 e. The normalized spacial score (nSPS) is 12.2. The first-order valence-corrected chi connectivity index (χ1v) is 7.03. The fourth-order valence-electron chi connectivity index (χ4n) is 2.42. The van der Waals surface area contributed by atoms with Crippen LogP contribution in [0.25, 0.3) is 0 Å². The van der Waals surface area contributed by atoms with Gasteiger partial charge in [0.1, 0.15) is 5.75 Å². The van der Waals surface area contributed by atoms with Crippen molar-refractivity contribution in [2.24, 2.45) is 0 Å². The Morgan fingerprint density at radius 3 is 2.70 bits per heavy atom. The molecule has 0 radical (unpaired) electrons. The highest BCUT2D eigenvalue weighted by Gasteiger charge is 2.16. The van der Waals surface area contributed by atoms with Crippen molar-refractivity contribution in [2.75, 3.05) is 13.7 Å². The predicted octanol–water partition coefficient (Wildman–Crippen LogP) is 3.29. The number of ether oxygens (including phenoxy) is 1. The van der Waals surface area contributed by atoms with Gasteiger partial charge in [0.05, 0.1) is 7.11 Å². The minimum atomic E-state index is 0.213. The summed E-state index contributed by atoms with van der Waals surface area (Å²) in [4.78, 5) is 4.50. The molecule has 0 saturated heterocycles. The first-order chi connectivity index (χ1) is 9.76. The SMILES string of the molecule is CCNC(Cc1ncccc1C)c1ccccc1OC. The summed E-state index contributed by atoms with van der Waals surface area (Å²) in [7, 11) is 1.72. The Hall–Kier alpha value is -1.87. The van der Waals surface area contributed by atoms with Crippen LogP contribution in [0.4, 0.5) is 0 Å². The van der Waals surface area contributed by atoms with Gasteiger partial charge in [0.2, 0.25) is 0 Å². The van der Waals surface area contributed by atoms with Crippen molar-refractivity contribution in [1.29, 1.82) is 0 Å². The van der Waals surface area contributed by atoms with E-state index in [2.05, 4.69) is 36.3 Å². The molecule has 0 bridgehead atoms. The van der Waals surface area contributed by atoms with Crippen molar-refractivity contribution in [2.45, 2.75) is 26.3 Å². The molecular weight excluding hydrogens is 248 g/mol. The van der Waals surface area contributed by atoms with Crippen LogP contribution in [0, 0.1) is 6.92 Å². The van der Waals surface area contributed by atoms with Crippen molar-refractivity contribution in [3.05, 3.63) is 59.4 Å². The van der Waals surface area contributed by atoms with Gasteiger partial charge < -0.3 is 10.1 Å². The van der Waals surface area contributed by atoms with Crippen LogP contribution in [0.15, 0.2) is 42.6 Å². The monoisotopic (exact) mass is 270 g/mol.